The highest BCUT2D eigenvalue weighted by Gasteiger charge is 2.50. The molecule has 0 radical (unpaired) electrons. The number of carboxylic acid groups (broad SMARTS) is 1. The summed E-state index contributed by atoms with van der Waals surface area (Å²) in [6.07, 6.45) is 50.6. The van der Waals surface area contributed by atoms with Crippen molar-refractivity contribution in [3.8, 4) is 0 Å². The number of allylic oxidation sites excluding steroid dienone is 20. The summed E-state index contributed by atoms with van der Waals surface area (Å²) in [6.45, 7) is 5.56. The Morgan fingerprint density at radius 2 is 0.915 bits per heavy atom. The topological polar surface area (TPSA) is 175 Å². The molecular formula is C59H90O12. The van der Waals surface area contributed by atoms with E-state index in [0.29, 0.717) is 25.7 Å². The van der Waals surface area contributed by atoms with Gasteiger partial charge in [0.1, 0.15) is 18.8 Å². The van der Waals surface area contributed by atoms with Crippen LogP contribution in [0.2, 0.25) is 0 Å². The standard InChI is InChI=1S/C59H90O12/c1-4-7-10-13-16-19-22-25-26-29-32-35-38-41-44-47-53(62)70-57-55(64)54(63)56(58(65)66)71-59(57)68-49-50(69-52(61)46-43-40-37-34-31-28-24-21-18-15-12-9-6-3)48-67-51(60)45-42-39-36-33-30-27-23-20-17-14-11-8-5-2/h7-8,10-12,15-17,19-21,24-27,30,32,35-36,39,50,54-57,59,63-64H,4-6,9,13-14,18,22-23,28-29,31,33-34,37-38,40-49H2,1-3H3,(H,65,66)/b10-7-,11-8-,15-12-,19-16-,20-17-,24-21-,26-25-,30-27-,35-32-,39-36-. The van der Waals surface area contributed by atoms with E-state index in [1.54, 1.807) is 0 Å². The van der Waals surface area contributed by atoms with E-state index in [9.17, 15) is 34.5 Å². The van der Waals surface area contributed by atoms with E-state index in [0.717, 1.165) is 109 Å². The zero-order chi connectivity index (χ0) is 51.8. The second-order valence-corrected chi connectivity index (χ2v) is 17.4. The molecule has 12 nitrogen and oxygen atoms in total. The number of carboxylic acids is 1. The Hall–Kier alpha value is -4.88. The zero-order valence-corrected chi connectivity index (χ0v) is 43.4. The van der Waals surface area contributed by atoms with E-state index in [-0.39, 0.29) is 25.9 Å². The van der Waals surface area contributed by atoms with Crippen molar-refractivity contribution in [2.24, 2.45) is 0 Å². The number of carbonyl (C=O) groups excluding carboxylic acids is 3. The van der Waals surface area contributed by atoms with E-state index >= 15 is 0 Å². The molecule has 0 aliphatic carbocycles. The molecule has 0 aromatic heterocycles. The fourth-order valence-corrected chi connectivity index (χ4v) is 7.00. The smallest absolute Gasteiger partial charge is 0.335 e. The predicted molar refractivity (Wildman–Crippen MR) is 284 cm³/mol. The Morgan fingerprint density at radius 1 is 0.479 bits per heavy atom. The summed E-state index contributed by atoms with van der Waals surface area (Å²) in [5.74, 6) is -3.33. The molecule has 1 aliphatic rings. The molecule has 0 bridgehead atoms. The number of aliphatic carboxylic acids is 1. The molecule has 12 heteroatoms. The van der Waals surface area contributed by atoms with Crippen LogP contribution < -0.4 is 0 Å². The lowest BCUT2D eigenvalue weighted by atomic mass is 9.98. The maximum absolute atomic E-state index is 13.1. The maximum Gasteiger partial charge on any atom is 0.335 e. The number of rotatable bonds is 42. The van der Waals surface area contributed by atoms with Gasteiger partial charge in [-0.05, 0) is 109 Å². The number of unbranched alkanes of at least 4 members (excludes halogenated alkanes) is 8. The molecule has 71 heavy (non-hydrogen) atoms. The van der Waals surface area contributed by atoms with Crippen LogP contribution in [0.5, 0.6) is 0 Å². The average molecular weight is 991 g/mol. The average Bonchev–Trinajstić information content (AvgIpc) is 3.35. The second kappa shape index (κ2) is 46.2. The Kier molecular flexibility index (Phi) is 41.7. The maximum atomic E-state index is 13.1. The number of hydrogen-bond donors (Lipinski definition) is 3. The van der Waals surface area contributed by atoms with E-state index < -0.39 is 67.3 Å². The minimum Gasteiger partial charge on any atom is -0.479 e. The normalized spacial score (nSPS) is 19.5. The van der Waals surface area contributed by atoms with Gasteiger partial charge in [0.05, 0.1) is 6.61 Å². The predicted octanol–water partition coefficient (Wildman–Crippen LogP) is 12.9. The lowest BCUT2D eigenvalue weighted by Crippen LogP contribution is -2.61. The van der Waals surface area contributed by atoms with E-state index in [1.807, 2.05) is 18.2 Å². The van der Waals surface area contributed by atoms with Gasteiger partial charge in [0.25, 0.3) is 0 Å². The number of hydrogen-bond acceptors (Lipinski definition) is 11. The van der Waals surface area contributed by atoms with Crippen LogP contribution in [0.4, 0.5) is 0 Å². The Balaban J connectivity index is 2.81. The highest BCUT2D eigenvalue weighted by Crippen LogP contribution is 2.26. The second-order valence-electron chi connectivity index (χ2n) is 17.4. The quantitative estimate of drug-likeness (QED) is 0.0229. The van der Waals surface area contributed by atoms with Crippen LogP contribution in [-0.4, -0.2) is 89.2 Å². The van der Waals surface area contributed by atoms with Crippen molar-refractivity contribution in [1.29, 1.82) is 0 Å². The molecule has 0 aromatic carbocycles. The van der Waals surface area contributed by atoms with Gasteiger partial charge in [-0.2, -0.15) is 0 Å². The fraction of sp³-hybridized carbons (Fsp3) is 0.593. The van der Waals surface area contributed by atoms with Gasteiger partial charge < -0.3 is 39.0 Å². The third-order valence-corrected chi connectivity index (χ3v) is 11.0. The van der Waals surface area contributed by atoms with Crippen LogP contribution >= 0.6 is 0 Å². The third-order valence-electron chi connectivity index (χ3n) is 11.0. The molecule has 1 rings (SSSR count). The van der Waals surface area contributed by atoms with Gasteiger partial charge in [-0.1, -0.05) is 168 Å². The zero-order valence-electron chi connectivity index (χ0n) is 43.4. The molecule has 1 heterocycles. The van der Waals surface area contributed by atoms with Crippen molar-refractivity contribution >= 4 is 23.9 Å². The molecule has 6 unspecified atom stereocenters. The Labute approximate surface area is 427 Å². The largest absolute Gasteiger partial charge is 0.479 e. The molecule has 1 fully saturated rings. The van der Waals surface area contributed by atoms with Crippen LogP contribution in [0.25, 0.3) is 0 Å². The van der Waals surface area contributed by atoms with Gasteiger partial charge in [0, 0.05) is 19.3 Å². The molecule has 6 atom stereocenters. The third kappa shape index (κ3) is 36.7. The van der Waals surface area contributed by atoms with Crippen LogP contribution in [0.3, 0.4) is 0 Å². The molecule has 0 aromatic rings. The van der Waals surface area contributed by atoms with Gasteiger partial charge in [0.2, 0.25) is 0 Å². The molecule has 0 spiro atoms. The minimum absolute atomic E-state index is 0.00687. The lowest BCUT2D eigenvalue weighted by Gasteiger charge is -2.40. The first-order valence-corrected chi connectivity index (χ1v) is 26.5. The molecule has 398 valence electrons. The summed E-state index contributed by atoms with van der Waals surface area (Å²) in [7, 11) is 0. The van der Waals surface area contributed by atoms with Crippen LogP contribution in [-0.2, 0) is 42.9 Å². The summed E-state index contributed by atoms with van der Waals surface area (Å²) in [6, 6.07) is 0. The van der Waals surface area contributed by atoms with Crippen molar-refractivity contribution in [2.75, 3.05) is 13.2 Å². The number of ether oxygens (including phenoxy) is 5. The van der Waals surface area contributed by atoms with Gasteiger partial charge in [-0.15, -0.1) is 0 Å². The van der Waals surface area contributed by atoms with E-state index in [1.165, 1.54) is 0 Å². The first kappa shape index (κ1) is 64.1. The summed E-state index contributed by atoms with van der Waals surface area (Å²) in [4.78, 5) is 50.8. The molecule has 1 aliphatic heterocycles. The van der Waals surface area contributed by atoms with Crippen LogP contribution in [0, 0.1) is 0 Å². The number of carbonyl (C=O) groups is 4. The molecule has 3 N–H and O–H groups in total. The van der Waals surface area contributed by atoms with Crippen molar-refractivity contribution in [1.82, 2.24) is 0 Å². The van der Waals surface area contributed by atoms with Crippen molar-refractivity contribution in [3.05, 3.63) is 122 Å². The van der Waals surface area contributed by atoms with E-state index in [2.05, 4.69) is 124 Å². The van der Waals surface area contributed by atoms with Crippen LogP contribution in [0.1, 0.15) is 175 Å². The molecular weight excluding hydrogens is 901 g/mol. The number of aliphatic hydroxyl groups is 2. The monoisotopic (exact) mass is 991 g/mol. The van der Waals surface area contributed by atoms with Gasteiger partial charge in [-0.25, -0.2) is 4.79 Å². The molecule has 0 saturated carbocycles. The summed E-state index contributed by atoms with van der Waals surface area (Å²) in [5, 5.41) is 31.4. The number of aliphatic hydroxyl groups excluding tert-OH is 2. The Morgan fingerprint density at radius 3 is 1.44 bits per heavy atom. The highest BCUT2D eigenvalue weighted by molar-refractivity contribution is 5.74. The number of esters is 3. The summed E-state index contributed by atoms with van der Waals surface area (Å²) < 4.78 is 28.2. The van der Waals surface area contributed by atoms with Crippen molar-refractivity contribution in [3.63, 3.8) is 0 Å². The highest BCUT2D eigenvalue weighted by atomic mass is 16.7. The van der Waals surface area contributed by atoms with Gasteiger partial charge in [-0.3, -0.25) is 14.4 Å². The summed E-state index contributed by atoms with van der Waals surface area (Å²) in [5.41, 5.74) is 0. The SMILES string of the molecule is CC/C=C\C/C=C\C/C=C\C/C=C\CCCCC(=O)OC1C(OCC(COC(=O)CC/C=C\C/C=C\C/C=C\C/C=C\CC)OC(=O)CCCCCCC/C=C\C/C=C\CCC)OC(C(=O)O)C(O)C1O. The fourth-order valence-electron chi connectivity index (χ4n) is 7.00. The van der Waals surface area contributed by atoms with Crippen molar-refractivity contribution < 1.29 is 58.2 Å². The van der Waals surface area contributed by atoms with E-state index in [4.69, 9.17) is 23.7 Å². The minimum atomic E-state index is -1.93. The first-order chi connectivity index (χ1) is 34.6. The molecule has 0 amide bonds. The first-order valence-electron chi connectivity index (χ1n) is 26.5. The summed E-state index contributed by atoms with van der Waals surface area (Å²) >= 11 is 0. The van der Waals surface area contributed by atoms with Crippen molar-refractivity contribution in [2.45, 2.75) is 212 Å². The van der Waals surface area contributed by atoms with Gasteiger partial charge >= 0.3 is 23.9 Å². The Bertz CT molecular complexity index is 1700. The van der Waals surface area contributed by atoms with Gasteiger partial charge in [0.15, 0.2) is 24.6 Å². The molecule has 1 saturated heterocycles. The van der Waals surface area contributed by atoms with Crippen LogP contribution in [0.15, 0.2) is 122 Å². The lowest BCUT2D eigenvalue weighted by molar-refractivity contribution is -0.301.